The third kappa shape index (κ3) is 2.14. The summed E-state index contributed by atoms with van der Waals surface area (Å²) in [6, 6.07) is -0.275. The monoisotopic (exact) mass is 201 g/mol. The standard InChI is InChI=1S/C8H15N3O3/c1-14-5-7(12)11-4-2-3-6(11)8(9)10-13/h6,13H,2-5H2,1H3,(H2,9,10). The van der Waals surface area contributed by atoms with Crippen LogP contribution in [0, 0.1) is 0 Å². The molecule has 14 heavy (non-hydrogen) atoms. The average Bonchev–Trinajstić information content (AvgIpc) is 2.65. The molecular formula is C8H15N3O3. The van der Waals surface area contributed by atoms with Crippen molar-refractivity contribution >= 4 is 11.7 Å². The van der Waals surface area contributed by atoms with Crippen LogP contribution in [0.25, 0.3) is 0 Å². The third-order valence-electron chi connectivity index (χ3n) is 2.30. The molecule has 0 aromatic heterocycles. The van der Waals surface area contributed by atoms with E-state index in [1.165, 1.54) is 7.11 Å². The fourth-order valence-corrected chi connectivity index (χ4v) is 1.65. The van der Waals surface area contributed by atoms with Gasteiger partial charge in [0.05, 0.1) is 6.04 Å². The van der Waals surface area contributed by atoms with Gasteiger partial charge in [-0.15, -0.1) is 0 Å². The smallest absolute Gasteiger partial charge is 0.249 e. The van der Waals surface area contributed by atoms with E-state index < -0.39 is 0 Å². The molecule has 0 saturated carbocycles. The van der Waals surface area contributed by atoms with Crippen molar-refractivity contribution in [1.29, 1.82) is 0 Å². The highest BCUT2D eigenvalue weighted by Gasteiger charge is 2.31. The third-order valence-corrected chi connectivity index (χ3v) is 2.30. The van der Waals surface area contributed by atoms with Crippen LogP contribution in [0.5, 0.6) is 0 Å². The molecule has 1 saturated heterocycles. The van der Waals surface area contributed by atoms with Gasteiger partial charge in [0.1, 0.15) is 6.61 Å². The lowest BCUT2D eigenvalue weighted by atomic mass is 10.2. The van der Waals surface area contributed by atoms with E-state index >= 15 is 0 Å². The summed E-state index contributed by atoms with van der Waals surface area (Å²) >= 11 is 0. The SMILES string of the molecule is COCC(=O)N1CCCC1C(N)=NO. The number of oxime groups is 1. The summed E-state index contributed by atoms with van der Waals surface area (Å²) in [4.78, 5) is 13.1. The average molecular weight is 201 g/mol. The molecule has 0 aliphatic carbocycles. The Balaban J connectivity index is 2.64. The Morgan fingerprint density at radius 3 is 3.07 bits per heavy atom. The molecule has 6 nitrogen and oxygen atoms in total. The quantitative estimate of drug-likeness (QED) is 0.275. The zero-order valence-corrected chi connectivity index (χ0v) is 8.14. The molecule has 0 bridgehead atoms. The number of carbonyl (C=O) groups is 1. The van der Waals surface area contributed by atoms with Crippen LogP contribution < -0.4 is 5.73 Å². The van der Waals surface area contributed by atoms with Crippen LogP contribution in [0.3, 0.4) is 0 Å². The first-order chi connectivity index (χ1) is 6.70. The van der Waals surface area contributed by atoms with Gasteiger partial charge in [-0.25, -0.2) is 0 Å². The minimum atomic E-state index is -0.275. The summed E-state index contributed by atoms with van der Waals surface area (Å²) in [5, 5.41) is 11.4. The highest BCUT2D eigenvalue weighted by Crippen LogP contribution is 2.17. The van der Waals surface area contributed by atoms with E-state index in [0.717, 1.165) is 12.8 Å². The lowest BCUT2D eigenvalue weighted by Gasteiger charge is -2.22. The van der Waals surface area contributed by atoms with Crippen molar-refractivity contribution in [1.82, 2.24) is 4.90 Å². The summed E-state index contributed by atoms with van der Waals surface area (Å²) in [5.41, 5.74) is 5.47. The van der Waals surface area contributed by atoms with Gasteiger partial charge in [0.15, 0.2) is 5.84 Å². The van der Waals surface area contributed by atoms with E-state index in [-0.39, 0.29) is 24.4 Å². The first-order valence-electron chi connectivity index (χ1n) is 4.46. The highest BCUT2D eigenvalue weighted by molar-refractivity contribution is 5.90. The van der Waals surface area contributed by atoms with Crippen LogP contribution in [0.15, 0.2) is 5.16 Å². The summed E-state index contributed by atoms with van der Waals surface area (Å²) in [5.74, 6) is -0.0337. The van der Waals surface area contributed by atoms with E-state index in [0.29, 0.717) is 6.54 Å². The predicted molar refractivity (Wildman–Crippen MR) is 50.0 cm³/mol. The van der Waals surface area contributed by atoms with Gasteiger partial charge in [0, 0.05) is 13.7 Å². The van der Waals surface area contributed by atoms with Crippen LogP contribution in [0.2, 0.25) is 0 Å². The molecule has 3 N–H and O–H groups in total. The molecule has 0 aromatic carbocycles. The van der Waals surface area contributed by atoms with Gasteiger partial charge in [-0.3, -0.25) is 4.79 Å². The Kier molecular flexibility index (Phi) is 3.70. The van der Waals surface area contributed by atoms with Crippen LogP contribution >= 0.6 is 0 Å². The van der Waals surface area contributed by atoms with E-state index in [1.807, 2.05) is 0 Å². The van der Waals surface area contributed by atoms with Crippen molar-refractivity contribution in [3.8, 4) is 0 Å². The molecule has 6 heteroatoms. The van der Waals surface area contributed by atoms with Gasteiger partial charge >= 0.3 is 0 Å². The number of nitrogens with zero attached hydrogens (tertiary/aromatic N) is 2. The number of amidine groups is 1. The van der Waals surface area contributed by atoms with Crippen molar-refractivity contribution in [2.24, 2.45) is 10.9 Å². The highest BCUT2D eigenvalue weighted by atomic mass is 16.5. The Morgan fingerprint density at radius 1 is 1.79 bits per heavy atom. The van der Waals surface area contributed by atoms with Gasteiger partial charge in [-0.05, 0) is 12.8 Å². The lowest BCUT2D eigenvalue weighted by Crippen LogP contribution is -2.45. The number of carbonyl (C=O) groups excluding carboxylic acids is 1. The first kappa shape index (κ1) is 10.8. The molecule has 1 fully saturated rings. The van der Waals surface area contributed by atoms with Crippen LogP contribution in [-0.4, -0.2) is 48.2 Å². The van der Waals surface area contributed by atoms with Crippen LogP contribution in [0.4, 0.5) is 0 Å². The fourth-order valence-electron chi connectivity index (χ4n) is 1.65. The van der Waals surface area contributed by atoms with E-state index in [1.54, 1.807) is 4.90 Å². The molecule has 1 heterocycles. The summed E-state index contributed by atoms with van der Waals surface area (Å²) < 4.78 is 4.74. The van der Waals surface area contributed by atoms with Gasteiger partial charge < -0.3 is 20.6 Å². The second kappa shape index (κ2) is 4.80. The fraction of sp³-hybridized carbons (Fsp3) is 0.750. The van der Waals surface area contributed by atoms with Gasteiger partial charge in [-0.1, -0.05) is 5.16 Å². The molecule has 1 aliphatic rings. The van der Waals surface area contributed by atoms with Crippen molar-refractivity contribution in [2.45, 2.75) is 18.9 Å². The normalized spacial score (nSPS) is 22.8. The van der Waals surface area contributed by atoms with Crippen molar-refractivity contribution in [2.75, 3.05) is 20.3 Å². The molecule has 0 radical (unpaired) electrons. The lowest BCUT2D eigenvalue weighted by molar-refractivity contribution is -0.134. The molecule has 0 spiro atoms. The Labute approximate surface area is 82.3 Å². The molecule has 1 rings (SSSR count). The molecule has 1 atom stereocenters. The van der Waals surface area contributed by atoms with E-state index in [9.17, 15) is 4.79 Å². The largest absolute Gasteiger partial charge is 0.409 e. The van der Waals surface area contributed by atoms with Crippen LogP contribution in [0.1, 0.15) is 12.8 Å². The maximum absolute atomic E-state index is 11.5. The number of amides is 1. The summed E-state index contributed by atoms with van der Waals surface area (Å²) in [6.07, 6.45) is 1.61. The minimum Gasteiger partial charge on any atom is -0.409 e. The van der Waals surface area contributed by atoms with Gasteiger partial charge in [0.25, 0.3) is 0 Å². The second-order valence-electron chi connectivity index (χ2n) is 3.20. The van der Waals surface area contributed by atoms with Crippen LogP contribution in [-0.2, 0) is 9.53 Å². The zero-order chi connectivity index (χ0) is 10.6. The van der Waals surface area contributed by atoms with E-state index in [4.69, 9.17) is 15.7 Å². The Morgan fingerprint density at radius 2 is 2.50 bits per heavy atom. The predicted octanol–water partition coefficient (Wildman–Crippen LogP) is -0.630. The minimum absolute atomic E-state index is 0.0369. The van der Waals surface area contributed by atoms with E-state index in [2.05, 4.69) is 5.16 Å². The molecule has 1 aliphatic heterocycles. The first-order valence-corrected chi connectivity index (χ1v) is 4.46. The van der Waals surface area contributed by atoms with Crippen molar-refractivity contribution < 1.29 is 14.7 Å². The summed E-state index contributed by atoms with van der Waals surface area (Å²) in [7, 11) is 1.46. The maximum Gasteiger partial charge on any atom is 0.249 e. The summed E-state index contributed by atoms with van der Waals surface area (Å²) in [6.45, 7) is 0.679. The number of rotatable bonds is 3. The number of hydrogen-bond donors (Lipinski definition) is 2. The Hall–Kier alpha value is -1.30. The molecule has 1 unspecified atom stereocenters. The number of likely N-dealkylation sites (tertiary alicyclic amines) is 1. The Bertz CT molecular complexity index is 242. The topological polar surface area (TPSA) is 88.2 Å². The second-order valence-corrected chi connectivity index (χ2v) is 3.20. The number of hydrogen-bond acceptors (Lipinski definition) is 4. The number of methoxy groups -OCH3 is 1. The number of ether oxygens (including phenoxy) is 1. The zero-order valence-electron chi connectivity index (χ0n) is 8.14. The maximum atomic E-state index is 11.5. The number of nitrogens with two attached hydrogens (primary N) is 1. The van der Waals surface area contributed by atoms with Gasteiger partial charge in [-0.2, -0.15) is 0 Å². The van der Waals surface area contributed by atoms with Crippen molar-refractivity contribution in [3.63, 3.8) is 0 Å². The van der Waals surface area contributed by atoms with Gasteiger partial charge in [0.2, 0.25) is 5.91 Å². The molecule has 0 aromatic rings. The molecular weight excluding hydrogens is 186 g/mol. The molecule has 80 valence electrons. The van der Waals surface area contributed by atoms with Crippen molar-refractivity contribution in [3.05, 3.63) is 0 Å². The molecule has 1 amide bonds.